The topological polar surface area (TPSA) is 49.8 Å². The molecule has 0 amide bonds. The lowest BCUT2D eigenvalue weighted by atomic mass is 9.89. The standard InChI is InChI=1S/C27H35F2NO3/c1-17-5-9-22(10-6-17)33-24-12-8-21-15-20(7-11-23(21)26(24)27(28)29)18(2)30-13-3-4-19(16-30)14-25(31)32/h7-8,11-12,15,17-19,22,27H,3-6,9-10,13-14,16H2,1-2H3,(H,31,32)/t17-,18-,19+,22+/m0/s1. The Bertz CT molecular complexity index is 971. The van der Waals surface area contributed by atoms with E-state index in [4.69, 9.17) is 9.84 Å². The van der Waals surface area contributed by atoms with Gasteiger partial charge in [-0.15, -0.1) is 0 Å². The van der Waals surface area contributed by atoms with Crippen LogP contribution in [0.15, 0.2) is 30.3 Å². The second kappa shape index (κ2) is 10.4. The van der Waals surface area contributed by atoms with Crippen LogP contribution < -0.4 is 4.74 Å². The van der Waals surface area contributed by atoms with Crippen LogP contribution in [-0.2, 0) is 4.79 Å². The minimum Gasteiger partial charge on any atom is -0.490 e. The highest BCUT2D eigenvalue weighted by atomic mass is 19.3. The molecule has 2 fully saturated rings. The summed E-state index contributed by atoms with van der Waals surface area (Å²) >= 11 is 0. The normalized spacial score (nSPS) is 25.3. The Morgan fingerprint density at radius 2 is 1.91 bits per heavy atom. The van der Waals surface area contributed by atoms with E-state index in [1.165, 1.54) is 0 Å². The SMILES string of the molecule is C[C@@H](c1ccc2c(C(F)F)c(O[C@H]3CC[C@@H](C)CC3)ccc2c1)N1CCC[C@H](CC(=O)O)C1. The third-order valence-electron chi connectivity index (χ3n) is 7.56. The third kappa shape index (κ3) is 5.65. The summed E-state index contributed by atoms with van der Waals surface area (Å²) in [4.78, 5) is 13.4. The van der Waals surface area contributed by atoms with Crippen molar-refractivity contribution in [1.29, 1.82) is 0 Å². The van der Waals surface area contributed by atoms with Gasteiger partial charge in [0.2, 0.25) is 0 Å². The number of hydrogen-bond donors (Lipinski definition) is 1. The molecule has 180 valence electrons. The van der Waals surface area contributed by atoms with Gasteiger partial charge in [-0.05, 0) is 92.3 Å². The monoisotopic (exact) mass is 459 g/mol. The maximum absolute atomic E-state index is 14.1. The summed E-state index contributed by atoms with van der Waals surface area (Å²) < 4.78 is 34.4. The van der Waals surface area contributed by atoms with Crippen LogP contribution in [-0.4, -0.2) is 35.2 Å². The molecule has 1 aliphatic carbocycles. The van der Waals surface area contributed by atoms with E-state index in [9.17, 15) is 13.6 Å². The van der Waals surface area contributed by atoms with Gasteiger partial charge in [-0.3, -0.25) is 9.69 Å². The van der Waals surface area contributed by atoms with Crippen LogP contribution in [0.2, 0.25) is 0 Å². The highest BCUT2D eigenvalue weighted by molar-refractivity contribution is 5.88. The van der Waals surface area contributed by atoms with Gasteiger partial charge in [-0.25, -0.2) is 8.78 Å². The number of nitrogens with zero attached hydrogens (tertiary/aromatic N) is 1. The van der Waals surface area contributed by atoms with Crippen molar-refractivity contribution in [2.24, 2.45) is 11.8 Å². The molecule has 2 atom stereocenters. The molecule has 2 aliphatic rings. The van der Waals surface area contributed by atoms with E-state index in [0.29, 0.717) is 17.1 Å². The molecule has 4 nitrogen and oxygen atoms in total. The number of benzene rings is 2. The fraction of sp³-hybridized carbons (Fsp3) is 0.593. The molecular weight excluding hydrogens is 424 g/mol. The zero-order chi connectivity index (χ0) is 23.5. The van der Waals surface area contributed by atoms with Crippen LogP contribution in [0, 0.1) is 11.8 Å². The van der Waals surface area contributed by atoms with Gasteiger partial charge in [0, 0.05) is 19.0 Å². The summed E-state index contributed by atoms with van der Waals surface area (Å²) in [5.41, 5.74) is 1.05. The van der Waals surface area contributed by atoms with Gasteiger partial charge in [-0.1, -0.05) is 25.1 Å². The van der Waals surface area contributed by atoms with E-state index >= 15 is 0 Å². The van der Waals surface area contributed by atoms with Crippen LogP contribution in [0.4, 0.5) is 8.78 Å². The number of aliphatic carboxylic acids is 1. The summed E-state index contributed by atoms with van der Waals surface area (Å²) in [5.74, 6) is 0.397. The zero-order valence-electron chi connectivity index (χ0n) is 19.6. The summed E-state index contributed by atoms with van der Waals surface area (Å²) in [7, 11) is 0. The number of fused-ring (bicyclic) bond motifs is 1. The first-order valence-corrected chi connectivity index (χ1v) is 12.3. The molecule has 0 spiro atoms. The number of hydrogen-bond acceptors (Lipinski definition) is 3. The molecule has 1 heterocycles. The van der Waals surface area contributed by atoms with Crippen molar-refractivity contribution in [3.63, 3.8) is 0 Å². The van der Waals surface area contributed by atoms with Crippen molar-refractivity contribution in [3.8, 4) is 5.75 Å². The average Bonchev–Trinajstić information content (AvgIpc) is 2.79. The van der Waals surface area contributed by atoms with Gasteiger partial charge >= 0.3 is 5.97 Å². The van der Waals surface area contributed by atoms with Crippen molar-refractivity contribution in [2.45, 2.75) is 77.4 Å². The molecule has 0 radical (unpaired) electrons. The van der Waals surface area contributed by atoms with Crippen molar-refractivity contribution < 1.29 is 23.4 Å². The Morgan fingerprint density at radius 3 is 2.61 bits per heavy atom. The third-order valence-corrected chi connectivity index (χ3v) is 7.56. The first-order valence-electron chi connectivity index (χ1n) is 12.3. The number of ether oxygens (including phenoxy) is 1. The molecule has 0 bridgehead atoms. The van der Waals surface area contributed by atoms with Gasteiger partial charge < -0.3 is 9.84 Å². The van der Waals surface area contributed by atoms with Crippen molar-refractivity contribution in [1.82, 2.24) is 4.90 Å². The predicted molar refractivity (Wildman–Crippen MR) is 126 cm³/mol. The van der Waals surface area contributed by atoms with Gasteiger partial charge in [0.1, 0.15) is 5.75 Å². The Morgan fingerprint density at radius 1 is 1.15 bits per heavy atom. The number of carbonyl (C=O) groups is 1. The lowest BCUT2D eigenvalue weighted by Crippen LogP contribution is -2.37. The molecule has 2 aromatic rings. The highest BCUT2D eigenvalue weighted by Crippen LogP contribution is 2.39. The van der Waals surface area contributed by atoms with Crippen LogP contribution in [0.1, 0.15) is 82.4 Å². The van der Waals surface area contributed by atoms with Gasteiger partial charge in [0.15, 0.2) is 0 Å². The molecule has 1 saturated carbocycles. The minimum absolute atomic E-state index is 0.00768. The maximum atomic E-state index is 14.1. The summed E-state index contributed by atoms with van der Waals surface area (Å²) in [6.45, 7) is 6.01. The van der Waals surface area contributed by atoms with Crippen LogP contribution >= 0.6 is 0 Å². The summed E-state index contributed by atoms with van der Waals surface area (Å²) in [6.07, 6.45) is 3.50. The Hall–Kier alpha value is -2.21. The quantitative estimate of drug-likeness (QED) is 0.485. The van der Waals surface area contributed by atoms with E-state index in [-0.39, 0.29) is 30.0 Å². The Balaban J connectivity index is 1.55. The lowest BCUT2D eigenvalue weighted by Gasteiger charge is -2.36. The summed E-state index contributed by atoms with van der Waals surface area (Å²) in [5, 5.41) is 10.5. The lowest BCUT2D eigenvalue weighted by molar-refractivity contribution is -0.138. The predicted octanol–water partition coefficient (Wildman–Crippen LogP) is 6.98. The van der Waals surface area contributed by atoms with Crippen molar-refractivity contribution >= 4 is 16.7 Å². The van der Waals surface area contributed by atoms with Crippen molar-refractivity contribution in [2.75, 3.05) is 13.1 Å². The molecule has 2 aromatic carbocycles. The van der Waals surface area contributed by atoms with E-state index in [1.54, 1.807) is 12.1 Å². The summed E-state index contributed by atoms with van der Waals surface area (Å²) in [6, 6.07) is 9.43. The number of halogens is 2. The smallest absolute Gasteiger partial charge is 0.303 e. The number of alkyl halides is 2. The Labute approximate surface area is 194 Å². The number of carboxylic acids is 1. The van der Waals surface area contributed by atoms with E-state index in [2.05, 4.69) is 18.7 Å². The second-order valence-electron chi connectivity index (χ2n) is 10.0. The molecule has 4 rings (SSSR count). The number of rotatable bonds is 7. The fourth-order valence-electron chi connectivity index (χ4n) is 5.54. The van der Waals surface area contributed by atoms with Crippen LogP contribution in [0.5, 0.6) is 5.75 Å². The molecule has 1 saturated heterocycles. The molecule has 0 unspecified atom stereocenters. The average molecular weight is 460 g/mol. The molecule has 0 aromatic heterocycles. The number of likely N-dealkylation sites (tertiary alicyclic amines) is 1. The van der Waals surface area contributed by atoms with Crippen molar-refractivity contribution in [3.05, 3.63) is 41.5 Å². The van der Waals surface area contributed by atoms with E-state index < -0.39 is 12.4 Å². The van der Waals surface area contributed by atoms with Gasteiger partial charge in [0.25, 0.3) is 6.43 Å². The van der Waals surface area contributed by atoms with Crippen LogP contribution in [0.3, 0.4) is 0 Å². The molecule has 1 N–H and O–H groups in total. The molecule has 6 heteroatoms. The van der Waals surface area contributed by atoms with Gasteiger partial charge in [-0.2, -0.15) is 0 Å². The molecular formula is C27H35F2NO3. The minimum atomic E-state index is -2.60. The molecule has 33 heavy (non-hydrogen) atoms. The van der Waals surface area contributed by atoms with E-state index in [0.717, 1.165) is 62.6 Å². The first kappa shape index (κ1) is 23.9. The highest BCUT2D eigenvalue weighted by Gasteiger charge is 2.27. The number of piperidine rings is 1. The largest absolute Gasteiger partial charge is 0.490 e. The second-order valence-corrected chi connectivity index (χ2v) is 10.0. The maximum Gasteiger partial charge on any atom is 0.303 e. The first-order chi connectivity index (χ1) is 15.8. The van der Waals surface area contributed by atoms with E-state index in [1.807, 2.05) is 18.2 Å². The zero-order valence-corrected chi connectivity index (χ0v) is 19.6. The Kier molecular flexibility index (Phi) is 7.52. The fourth-order valence-corrected chi connectivity index (χ4v) is 5.54. The molecule has 1 aliphatic heterocycles. The van der Waals surface area contributed by atoms with Gasteiger partial charge in [0.05, 0.1) is 11.7 Å². The number of carboxylic acid groups (broad SMARTS) is 1. The van der Waals surface area contributed by atoms with Crippen LogP contribution in [0.25, 0.3) is 10.8 Å².